The smallest absolute Gasteiger partial charge is 0.332 e. The second kappa shape index (κ2) is 10.7. The van der Waals surface area contributed by atoms with E-state index < -0.39 is 41.2 Å². The van der Waals surface area contributed by atoms with Crippen molar-refractivity contribution < 1.29 is 38.2 Å². The molecular formula is C23H29N3O8. The van der Waals surface area contributed by atoms with Gasteiger partial charge in [0, 0.05) is 18.7 Å². The molecule has 11 heteroatoms. The van der Waals surface area contributed by atoms with Crippen LogP contribution in [0.2, 0.25) is 0 Å². The van der Waals surface area contributed by atoms with Gasteiger partial charge in [-0.3, -0.25) is 29.4 Å². The van der Waals surface area contributed by atoms with E-state index in [0.717, 1.165) is 4.90 Å². The topological polar surface area (TPSA) is 140 Å². The van der Waals surface area contributed by atoms with Crippen LogP contribution in [0.15, 0.2) is 18.2 Å². The van der Waals surface area contributed by atoms with Crippen LogP contribution < -0.4 is 10.6 Å². The number of nitrogens with zero attached hydrogens (tertiary/aromatic N) is 1. The number of carbonyl (C=O) groups is 5. The zero-order chi connectivity index (χ0) is 24.9. The molecule has 1 unspecified atom stereocenters. The lowest BCUT2D eigenvalue weighted by Crippen LogP contribution is -2.54. The normalized spacial score (nSPS) is 18.1. The third-order valence-corrected chi connectivity index (χ3v) is 5.04. The van der Waals surface area contributed by atoms with Gasteiger partial charge in [0.15, 0.2) is 0 Å². The Morgan fingerprint density at radius 3 is 2.53 bits per heavy atom. The van der Waals surface area contributed by atoms with Gasteiger partial charge in [-0.05, 0) is 39.3 Å². The summed E-state index contributed by atoms with van der Waals surface area (Å²) < 4.78 is 15.8. The van der Waals surface area contributed by atoms with E-state index in [1.807, 2.05) is 0 Å². The standard InChI is InChI=1S/C23H29N3O8/c1-23(2,3)34-18(28)13-33-12-11-32-10-9-24-15-6-4-5-14-19(15)22(31)26(21(14)30)16-7-8-17(27)25-20(16)29/h4-6,16,24H,7-13H2,1-3H3,(H,25,27,29). The fourth-order valence-electron chi connectivity index (χ4n) is 3.67. The minimum absolute atomic E-state index is 0.0632. The Morgan fingerprint density at radius 2 is 1.82 bits per heavy atom. The lowest BCUT2D eigenvalue weighted by molar-refractivity contribution is -0.160. The molecule has 0 aliphatic carbocycles. The largest absolute Gasteiger partial charge is 0.458 e. The second-order valence-corrected chi connectivity index (χ2v) is 8.85. The Kier molecular flexibility index (Phi) is 8.00. The number of benzene rings is 1. The molecule has 0 bridgehead atoms. The van der Waals surface area contributed by atoms with Crippen LogP contribution in [0.4, 0.5) is 5.69 Å². The number of amides is 4. The molecule has 2 N–H and O–H groups in total. The highest BCUT2D eigenvalue weighted by Gasteiger charge is 2.45. The van der Waals surface area contributed by atoms with E-state index in [4.69, 9.17) is 14.2 Å². The Labute approximate surface area is 197 Å². The zero-order valence-corrected chi connectivity index (χ0v) is 19.5. The number of carbonyl (C=O) groups excluding carboxylic acids is 5. The van der Waals surface area contributed by atoms with Crippen molar-refractivity contribution in [2.75, 3.05) is 38.3 Å². The van der Waals surface area contributed by atoms with Crippen molar-refractivity contribution in [3.8, 4) is 0 Å². The van der Waals surface area contributed by atoms with Gasteiger partial charge in [0.2, 0.25) is 11.8 Å². The third kappa shape index (κ3) is 6.17. The van der Waals surface area contributed by atoms with Crippen molar-refractivity contribution in [1.82, 2.24) is 10.2 Å². The van der Waals surface area contributed by atoms with E-state index in [9.17, 15) is 24.0 Å². The Hall–Kier alpha value is -3.31. The molecule has 0 spiro atoms. The van der Waals surface area contributed by atoms with Crippen molar-refractivity contribution in [2.45, 2.75) is 45.3 Å². The number of anilines is 1. The molecule has 1 atom stereocenters. The van der Waals surface area contributed by atoms with Gasteiger partial charge in [-0.25, -0.2) is 4.79 Å². The van der Waals surface area contributed by atoms with Crippen LogP contribution in [-0.4, -0.2) is 79.1 Å². The van der Waals surface area contributed by atoms with Crippen LogP contribution in [-0.2, 0) is 28.6 Å². The van der Waals surface area contributed by atoms with Gasteiger partial charge in [-0.15, -0.1) is 0 Å². The van der Waals surface area contributed by atoms with Crippen molar-refractivity contribution in [3.05, 3.63) is 29.3 Å². The van der Waals surface area contributed by atoms with Gasteiger partial charge in [0.05, 0.1) is 30.9 Å². The van der Waals surface area contributed by atoms with Crippen LogP contribution in [0.3, 0.4) is 0 Å². The van der Waals surface area contributed by atoms with Crippen molar-refractivity contribution in [3.63, 3.8) is 0 Å². The average molecular weight is 475 g/mol. The van der Waals surface area contributed by atoms with Crippen molar-refractivity contribution >= 4 is 35.3 Å². The highest BCUT2D eigenvalue weighted by molar-refractivity contribution is 6.25. The molecule has 1 saturated heterocycles. The molecule has 0 aromatic heterocycles. The molecule has 11 nitrogen and oxygen atoms in total. The predicted octanol–water partition coefficient (Wildman–Crippen LogP) is 0.875. The molecule has 34 heavy (non-hydrogen) atoms. The zero-order valence-electron chi connectivity index (χ0n) is 19.5. The van der Waals surface area contributed by atoms with Gasteiger partial charge in [-0.2, -0.15) is 0 Å². The van der Waals surface area contributed by atoms with E-state index in [1.54, 1.807) is 32.9 Å². The van der Waals surface area contributed by atoms with Gasteiger partial charge in [0.1, 0.15) is 18.2 Å². The minimum atomic E-state index is -1.01. The Bertz CT molecular complexity index is 985. The second-order valence-electron chi connectivity index (χ2n) is 8.85. The van der Waals surface area contributed by atoms with E-state index in [-0.39, 0.29) is 43.8 Å². The highest BCUT2D eigenvalue weighted by atomic mass is 16.6. The molecular weight excluding hydrogens is 446 g/mol. The number of hydrogen-bond donors (Lipinski definition) is 2. The first-order valence-corrected chi connectivity index (χ1v) is 11.0. The summed E-state index contributed by atoms with van der Waals surface area (Å²) in [7, 11) is 0. The maximum atomic E-state index is 13.0. The quantitative estimate of drug-likeness (QED) is 0.287. The maximum absolute atomic E-state index is 13.0. The molecule has 3 rings (SSSR count). The summed E-state index contributed by atoms with van der Waals surface area (Å²) in [4.78, 5) is 61.9. The van der Waals surface area contributed by atoms with E-state index in [0.29, 0.717) is 18.8 Å². The lowest BCUT2D eigenvalue weighted by Gasteiger charge is -2.27. The summed E-state index contributed by atoms with van der Waals surface area (Å²) in [6.45, 7) is 6.29. The highest BCUT2D eigenvalue weighted by Crippen LogP contribution is 2.32. The molecule has 2 aliphatic heterocycles. The Balaban J connectivity index is 1.46. The first kappa shape index (κ1) is 25.3. The lowest BCUT2D eigenvalue weighted by atomic mass is 10.0. The average Bonchev–Trinajstić information content (AvgIpc) is 3.00. The molecule has 0 radical (unpaired) electrons. The molecule has 1 aromatic rings. The van der Waals surface area contributed by atoms with Crippen LogP contribution in [0.25, 0.3) is 0 Å². The molecule has 4 amide bonds. The summed E-state index contributed by atoms with van der Waals surface area (Å²) in [5, 5.41) is 5.25. The van der Waals surface area contributed by atoms with Crippen molar-refractivity contribution in [1.29, 1.82) is 0 Å². The monoisotopic (exact) mass is 475 g/mol. The number of imide groups is 2. The number of ether oxygens (including phenoxy) is 3. The van der Waals surface area contributed by atoms with E-state index in [1.165, 1.54) is 6.07 Å². The summed E-state index contributed by atoms with van der Waals surface area (Å²) in [6, 6.07) is 3.83. The third-order valence-electron chi connectivity index (χ3n) is 5.04. The van der Waals surface area contributed by atoms with Gasteiger partial charge >= 0.3 is 5.97 Å². The van der Waals surface area contributed by atoms with E-state index >= 15 is 0 Å². The molecule has 2 aliphatic rings. The summed E-state index contributed by atoms with van der Waals surface area (Å²) >= 11 is 0. The van der Waals surface area contributed by atoms with Crippen molar-refractivity contribution in [2.24, 2.45) is 0 Å². The van der Waals surface area contributed by atoms with Crippen LogP contribution in [0, 0.1) is 0 Å². The maximum Gasteiger partial charge on any atom is 0.332 e. The number of nitrogens with one attached hydrogen (secondary N) is 2. The number of hydrogen-bond acceptors (Lipinski definition) is 9. The van der Waals surface area contributed by atoms with Gasteiger partial charge in [-0.1, -0.05) is 6.07 Å². The van der Waals surface area contributed by atoms with Gasteiger partial charge in [0.25, 0.3) is 11.8 Å². The Morgan fingerprint density at radius 1 is 1.09 bits per heavy atom. The number of rotatable bonds is 10. The molecule has 1 aromatic carbocycles. The molecule has 184 valence electrons. The number of fused-ring (bicyclic) bond motifs is 1. The number of esters is 1. The first-order valence-electron chi connectivity index (χ1n) is 11.0. The van der Waals surface area contributed by atoms with Crippen LogP contribution >= 0.6 is 0 Å². The summed E-state index contributed by atoms with van der Waals surface area (Å²) in [6.07, 6.45) is 0.163. The van der Waals surface area contributed by atoms with Gasteiger partial charge < -0.3 is 19.5 Å². The SMILES string of the molecule is CC(C)(C)OC(=O)COCCOCCNc1cccc2c1C(=O)N(C1CCC(=O)NC1=O)C2=O. The fraction of sp³-hybridized carbons (Fsp3) is 0.522. The first-order chi connectivity index (χ1) is 16.1. The molecule has 2 heterocycles. The molecule has 0 saturated carbocycles. The molecule has 1 fully saturated rings. The van der Waals surface area contributed by atoms with E-state index in [2.05, 4.69) is 10.6 Å². The van der Waals surface area contributed by atoms with Crippen LogP contribution in [0.1, 0.15) is 54.3 Å². The predicted molar refractivity (Wildman–Crippen MR) is 119 cm³/mol. The van der Waals surface area contributed by atoms with Crippen LogP contribution in [0.5, 0.6) is 0 Å². The number of piperidine rings is 1. The minimum Gasteiger partial charge on any atom is -0.458 e. The summed E-state index contributed by atoms with van der Waals surface area (Å²) in [5.74, 6) is -2.65. The fourth-order valence-corrected chi connectivity index (χ4v) is 3.67. The summed E-state index contributed by atoms with van der Waals surface area (Å²) in [5.41, 5.74) is 0.287.